The van der Waals surface area contributed by atoms with Crippen molar-refractivity contribution in [2.24, 2.45) is 0 Å². The highest BCUT2D eigenvalue weighted by atomic mass is 16.5. The van der Waals surface area contributed by atoms with E-state index >= 15 is 0 Å². The highest BCUT2D eigenvalue weighted by Gasteiger charge is 2.50. The van der Waals surface area contributed by atoms with E-state index < -0.39 is 17.7 Å². The summed E-state index contributed by atoms with van der Waals surface area (Å²) >= 11 is 0. The molecule has 1 N–H and O–H groups in total. The molecule has 8 nitrogen and oxygen atoms in total. The number of ketones is 1. The van der Waals surface area contributed by atoms with Gasteiger partial charge in [-0.25, -0.2) is 0 Å². The largest absolute Gasteiger partial charge is 0.507 e. The molecule has 1 amide bonds. The molecule has 1 atom stereocenters. The minimum atomic E-state index is -0.777. The van der Waals surface area contributed by atoms with Crippen LogP contribution in [0.5, 0.6) is 5.75 Å². The zero-order valence-corrected chi connectivity index (χ0v) is 21.4. The van der Waals surface area contributed by atoms with Crippen molar-refractivity contribution < 1.29 is 23.8 Å². The maximum absolute atomic E-state index is 13.5. The molecule has 6 rings (SSSR count). The smallest absolute Gasteiger partial charge is 0.296 e. The van der Waals surface area contributed by atoms with Gasteiger partial charge in [0.15, 0.2) is 0 Å². The Morgan fingerprint density at radius 2 is 1.79 bits per heavy atom. The number of ether oxygens (including phenoxy) is 1. The average Bonchev–Trinajstić information content (AvgIpc) is 3.56. The monoisotopic (exact) mass is 513 g/mol. The fourth-order valence-corrected chi connectivity index (χ4v) is 5.80. The summed E-state index contributed by atoms with van der Waals surface area (Å²) in [7, 11) is 1.96. The van der Waals surface area contributed by atoms with E-state index in [1.807, 2.05) is 30.1 Å². The van der Waals surface area contributed by atoms with Crippen LogP contribution in [0.2, 0.25) is 0 Å². The molecule has 2 fully saturated rings. The maximum Gasteiger partial charge on any atom is 0.296 e. The average molecular weight is 514 g/mol. The van der Waals surface area contributed by atoms with E-state index in [4.69, 9.17) is 9.15 Å². The number of aliphatic hydroxyl groups is 1. The Morgan fingerprint density at radius 3 is 2.53 bits per heavy atom. The van der Waals surface area contributed by atoms with Gasteiger partial charge in [0, 0.05) is 38.3 Å². The number of likely N-dealkylation sites (N-methyl/N-ethyl adjacent to an activating group) is 1. The third-order valence-electron chi connectivity index (χ3n) is 7.82. The van der Waals surface area contributed by atoms with Crippen LogP contribution in [0, 0.1) is 0 Å². The maximum atomic E-state index is 13.5. The van der Waals surface area contributed by atoms with Gasteiger partial charge in [-0.05, 0) is 48.7 Å². The number of benzene rings is 2. The molecule has 2 saturated heterocycles. The number of furan rings is 1. The predicted octanol–water partition coefficient (Wildman–Crippen LogP) is 4.19. The third kappa shape index (κ3) is 4.35. The molecule has 3 aliphatic heterocycles. The van der Waals surface area contributed by atoms with Crippen LogP contribution in [-0.2, 0) is 16.1 Å². The van der Waals surface area contributed by atoms with Crippen LogP contribution in [0.1, 0.15) is 35.8 Å². The summed E-state index contributed by atoms with van der Waals surface area (Å²) in [4.78, 5) is 33.0. The van der Waals surface area contributed by atoms with Crippen LogP contribution in [0.25, 0.3) is 5.76 Å². The van der Waals surface area contributed by atoms with E-state index in [2.05, 4.69) is 17.0 Å². The number of hydrogen-bond donors (Lipinski definition) is 1. The summed E-state index contributed by atoms with van der Waals surface area (Å²) in [5, 5.41) is 11.5. The molecule has 0 bridgehead atoms. The van der Waals surface area contributed by atoms with Gasteiger partial charge < -0.3 is 24.1 Å². The van der Waals surface area contributed by atoms with Crippen molar-refractivity contribution in [3.63, 3.8) is 0 Å². The van der Waals surface area contributed by atoms with Crippen molar-refractivity contribution >= 4 is 23.1 Å². The van der Waals surface area contributed by atoms with Gasteiger partial charge in [0.1, 0.15) is 29.9 Å². The lowest BCUT2D eigenvalue weighted by Gasteiger charge is -2.38. The summed E-state index contributed by atoms with van der Waals surface area (Å²) in [6, 6.07) is 18.2. The first-order chi connectivity index (χ1) is 18.5. The second-order valence-electron chi connectivity index (χ2n) is 10.2. The minimum absolute atomic E-state index is 0.0657. The van der Waals surface area contributed by atoms with Crippen molar-refractivity contribution in [3.05, 3.63) is 89.4 Å². The quantitative estimate of drug-likeness (QED) is 0.311. The molecule has 0 spiro atoms. The van der Waals surface area contributed by atoms with Gasteiger partial charge in [-0.1, -0.05) is 30.3 Å². The van der Waals surface area contributed by atoms with Crippen LogP contribution in [0.3, 0.4) is 0 Å². The van der Waals surface area contributed by atoms with Crippen molar-refractivity contribution in [3.8, 4) is 5.75 Å². The number of likely N-dealkylation sites (tertiary alicyclic amines) is 2. The molecule has 196 valence electrons. The Bertz CT molecular complexity index is 1360. The van der Waals surface area contributed by atoms with Crippen LogP contribution < -0.4 is 9.64 Å². The number of nitrogens with zero attached hydrogens (tertiary/aromatic N) is 3. The Hall–Kier alpha value is -4.04. The summed E-state index contributed by atoms with van der Waals surface area (Å²) in [6.07, 6.45) is 3.00. The first kappa shape index (κ1) is 24.3. The van der Waals surface area contributed by atoms with Gasteiger partial charge in [0.25, 0.3) is 11.7 Å². The summed E-state index contributed by atoms with van der Waals surface area (Å²) in [5.41, 5.74) is 2.61. The molecule has 38 heavy (non-hydrogen) atoms. The summed E-state index contributed by atoms with van der Waals surface area (Å²) in [5.74, 6) is -0.280. The predicted molar refractivity (Wildman–Crippen MR) is 143 cm³/mol. The minimum Gasteiger partial charge on any atom is -0.507 e. The lowest BCUT2D eigenvalue weighted by atomic mass is 9.96. The van der Waals surface area contributed by atoms with Crippen molar-refractivity contribution in [2.45, 2.75) is 31.5 Å². The molecule has 0 aliphatic carbocycles. The fourth-order valence-electron chi connectivity index (χ4n) is 5.80. The van der Waals surface area contributed by atoms with Crippen LogP contribution in [0.15, 0.2) is 76.9 Å². The second-order valence-corrected chi connectivity index (χ2v) is 10.2. The second kappa shape index (κ2) is 10.0. The Balaban J connectivity index is 1.31. The van der Waals surface area contributed by atoms with Gasteiger partial charge in [0.05, 0.1) is 24.1 Å². The van der Waals surface area contributed by atoms with E-state index in [9.17, 15) is 14.7 Å². The topological polar surface area (TPSA) is 86.5 Å². The van der Waals surface area contributed by atoms with Gasteiger partial charge in [-0.3, -0.25) is 14.5 Å². The highest BCUT2D eigenvalue weighted by Crippen LogP contribution is 2.43. The van der Waals surface area contributed by atoms with E-state index in [-0.39, 0.29) is 17.4 Å². The molecule has 8 heteroatoms. The Kier molecular flexibility index (Phi) is 6.41. The highest BCUT2D eigenvalue weighted by molar-refractivity contribution is 6.46. The van der Waals surface area contributed by atoms with Gasteiger partial charge in [-0.2, -0.15) is 0 Å². The molecule has 2 aromatic carbocycles. The van der Waals surface area contributed by atoms with E-state index in [0.29, 0.717) is 17.9 Å². The number of piperidine rings is 1. The molecule has 3 aromatic rings. The number of rotatable bonds is 5. The number of Topliss-reactive ketones (excluding diaryl/α,β-unsaturated/α-hetero) is 1. The van der Waals surface area contributed by atoms with E-state index in [1.54, 1.807) is 35.2 Å². The van der Waals surface area contributed by atoms with Crippen molar-refractivity contribution in [2.75, 3.05) is 38.2 Å². The first-order valence-corrected chi connectivity index (χ1v) is 13.1. The van der Waals surface area contributed by atoms with Crippen LogP contribution in [0.4, 0.5) is 5.69 Å². The van der Waals surface area contributed by atoms with E-state index in [1.165, 1.54) is 11.8 Å². The molecular weight excluding hydrogens is 482 g/mol. The molecule has 4 heterocycles. The number of amides is 1. The van der Waals surface area contributed by atoms with Crippen molar-refractivity contribution in [1.29, 1.82) is 0 Å². The number of carbonyl (C=O) groups is 2. The molecule has 0 saturated carbocycles. The van der Waals surface area contributed by atoms with Gasteiger partial charge >= 0.3 is 0 Å². The third-order valence-corrected chi connectivity index (χ3v) is 7.82. The van der Waals surface area contributed by atoms with E-state index in [0.717, 1.165) is 50.5 Å². The normalized spacial score (nSPS) is 22.0. The van der Waals surface area contributed by atoms with Crippen LogP contribution >= 0.6 is 0 Å². The standard InChI is InChI=1S/C30H31N3O5/c1-31-15-17-38-24-10-9-21(18-23(24)31)28(34)26-27(25-8-5-16-37-25)33(30(36)29(26)35)22-11-13-32(14-12-22)19-20-6-3-2-4-7-20/h2-10,16,18,22,27,34H,11-15,17,19H2,1H3/b28-26-. The SMILES string of the molecule is CN1CCOc2ccc(/C(O)=C3/C(=O)C(=O)N(C4CCN(Cc5ccccc5)CC4)C3c3ccco3)cc21. The fraction of sp³-hybridized carbons (Fsp3) is 0.333. The van der Waals surface area contributed by atoms with Crippen LogP contribution in [-0.4, -0.2) is 65.9 Å². The summed E-state index contributed by atoms with van der Waals surface area (Å²) < 4.78 is 11.5. The summed E-state index contributed by atoms with van der Waals surface area (Å²) in [6.45, 7) is 3.78. The number of hydrogen-bond acceptors (Lipinski definition) is 7. The number of aliphatic hydroxyl groups excluding tert-OH is 1. The number of anilines is 1. The molecule has 3 aliphatic rings. The molecular formula is C30H31N3O5. The number of fused-ring (bicyclic) bond motifs is 1. The molecule has 1 unspecified atom stereocenters. The number of carbonyl (C=O) groups excluding carboxylic acids is 2. The Morgan fingerprint density at radius 1 is 1.00 bits per heavy atom. The molecule has 0 radical (unpaired) electrons. The zero-order chi connectivity index (χ0) is 26.2. The zero-order valence-electron chi connectivity index (χ0n) is 21.4. The molecule has 1 aromatic heterocycles. The lowest BCUT2D eigenvalue weighted by Crippen LogP contribution is -2.46. The van der Waals surface area contributed by atoms with Crippen molar-refractivity contribution in [1.82, 2.24) is 9.80 Å². The van der Waals surface area contributed by atoms with Gasteiger partial charge in [0.2, 0.25) is 0 Å². The first-order valence-electron chi connectivity index (χ1n) is 13.1. The lowest BCUT2D eigenvalue weighted by molar-refractivity contribution is -0.142. The van der Waals surface area contributed by atoms with Gasteiger partial charge in [-0.15, -0.1) is 0 Å². The Labute approximate surface area is 221 Å².